The lowest BCUT2D eigenvalue weighted by molar-refractivity contribution is -0.147. The molecule has 0 aromatic heterocycles. The molecule has 11 heteroatoms. The third-order valence-electron chi connectivity index (χ3n) is 5.53. The van der Waals surface area contributed by atoms with Crippen molar-refractivity contribution in [1.82, 2.24) is 5.32 Å². The van der Waals surface area contributed by atoms with E-state index in [2.05, 4.69) is 5.32 Å². The molecule has 39 heavy (non-hydrogen) atoms. The van der Waals surface area contributed by atoms with E-state index in [-0.39, 0.29) is 50.1 Å². The fourth-order valence-electron chi connectivity index (χ4n) is 3.37. The summed E-state index contributed by atoms with van der Waals surface area (Å²) in [5.41, 5.74) is 0.577. The van der Waals surface area contributed by atoms with Gasteiger partial charge >= 0.3 is 24.2 Å². The summed E-state index contributed by atoms with van der Waals surface area (Å²) in [4.78, 5) is 48.4. The lowest BCUT2D eigenvalue weighted by Crippen LogP contribution is -2.43. The van der Waals surface area contributed by atoms with Crippen LogP contribution in [0.5, 0.6) is 11.5 Å². The number of carbonyl (C=O) groups is 4. The Bertz CT molecular complexity index is 904. The van der Waals surface area contributed by atoms with E-state index in [1.54, 1.807) is 19.9 Å². The van der Waals surface area contributed by atoms with E-state index in [9.17, 15) is 19.2 Å². The van der Waals surface area contributed by atoms with Gasteiger partial charge in [-0.25, -0.2) is 9.59 Å². The predicted molar refractivity (Wildman–Crippen MR) is 143 cm³/mol. The SMILES string of the molecule is CCCCCOC(=O)Oc1ccc(C[C@H](NCC(C)OC(=O)CC)C(=O)OC)cc1OC(=O)OCCCCC. The number of esters is 2. The van der Waals surface area contributed by atoms with Crippen LogP contribution in [0.2, 0.25) is 0 Å². The summed E-state index contributed by atoms with van der Waals surface area (Å²) in [6.07, 6.45) is 3.20. The van der Waals surface area contributed by atoms with Crippen LogP contribution in [0, 0.1) is 0 Å². The highest BCUT2D eigenvalue weighted by Crippen LogP contribution is 2.30. The zero-order valence-electron chi connectivity index (χ0n) is 23.7. The highest BCUT2D eigenvalue weighted by atomic mass is 16.7. The highest BCUT2D eigenvalue weighted by Gasteiger charge is 2.23. The molecule has 0 aliphatic carbocycles. The first kappa shape index (κ1) is 33.7. The van der Waals surface area contributed by atoms with Crippen LogP contribution in [0.4, 0.5) is 9.59 Å². The van der Waals surface area contributed by atoms with Crippen LogP contribution in [-0.2, 0) is 35.0 Å². The van der Waals surface area contributed by atoms with Gasteiger partial charge in [-0.05, 0) is 43.9 Å². The molecule has 0 bridgehead atoms. The van der Waals surface area contributed by atoms with Crippen LogP contribution in [0.15, 0.2) is 18.2 Å². The maximum atomic E-state index is 12.4. The first-order valence-electron chi connectivity index (χ1n) is 13.6. The molecule has 11 nitrogen and oxygen atoms in total. The summed E-state index contributed by atoms with van der Waals surface area (Å²) in [6, 6.07) is 3.76. The first-order valence-corrected chi connectivity index (χ1v) is 13.6. The third kappa shape index (κ3) is 14.4. The van der Waals surface area contributed by atoms with Gasteiger partial charge in [0.2, 0.25) is 0 Å². The van der Waals surface area contributed by atoms with Gasteiger partial charge in [-0.3, -0.25) is 9.59 Å². The zero-order chi connectivity index (χ0) is 29.0. The average molecular weight is 554 g/mol. The number of carbonyl (C=O) groups excluding carboxylic acids is 4. The monoisotopic (exact) mass is 553 g/mol. The molecule has 220 valence electrons. The van der Waals surface area contributed by atoms with Crippen LogP contribution in [0.1, 0.15) is 78.2 Å². The van der Waals surface area contributed by atoms with Crippen molar-refractivity contribution in [3.63, 3.8) is 0 Å². The Morgan fingerprint density at radius 3 is 1.97 bits per heavy atom. The van der Waals surface area contributed by atoms with E-state index in [0.717, 1.165) is 25.7 Å². The second-order valence-corrected chi connectivity index (χ2v) is 8.94. The summed E-state index contributed by atoms with van der Waals surface area (Å²) < 4.78 is 31.0. The van der Waals surface area contributed by atoms with Crippen LogP contribution in [-0.4, -0.2) is 63.3 Å². The van der Waals surface area contributed by atoms with Crippen LogP contribution >= 0.6 is 0 Å². The normalized spacial score (nSPS) is 12.1. The quantitative estimate of drug-likeness (QED) is 0.112. The van der Waals surface area contributed by atoms with Gasteiger partial charge in [-0.2, -0.15) is 0 Å². The molecule has 0 aliphatic rings. The zero-order valence-corrected chi connectivity index (χ0v) is 23.7. The molecule has 0 heterocycles. The van der Waals surface area contributed by atoms with Crippen molar-refractivity contribution in [2.75, 3.05) is 26.9 Å². The second kappa shape index (κ2) is 19.7. The fraction of sp³-hybridized carbons (Fsp3) is 0.643. The number of ether oxygens (including phenoxy) is 6. The van der Waals surface area contributed by atoms with Gasteiger partial charge in [-0.15, -0.1) is 0 Å². The van der Waals surface area contributed by atoms with Gasteiger partial charge in [0.15, 0.2) is 11.5 Å². The third-order valence-corrected chi connectivity index (χ3v) is 5.53. The van der Waals surface area contributed by atoms with Gasteiger partial charge in [0.25, 0.3) is 0 Å². The Kier molecular flexibility index (Phi) is 17.0. The van der Waals surface area contributed by atoms with Crippen molar-refractivity contribution < 1.29 is 47.6 Å². The first-order chi connectivity index (χ1) is 18.7. The summed E-state index contributed by atoms with van der Waals surface area (Å²) in [5.74, 6) is -0.973. The summed E-state index contributed by atoms with van der Waals surface area (Å²) in [7, 11) is 1.27. The Balaban J connectivity index is 3.01. The van der Waals surface area contributed by atoms with E-state index >= 15 is 0 Å². The molecular weight excluding hydrogens is 510 g/mol. The number of hydrogen-bond donors (Lipinski definition) is 1. The van der Waals surface area contributed by atoms with Crippen LogP contribution in [0.25, 0.3) is 0 Å². The smallest absolute Gasteiger partial charge is 0.468 e. The fourth-order valence-corrected chi connectivity index (χ4v) is 3.37. The minimum Gasteiger partial charge on any atom is -0.468 e. The Hall–Kier alpha value is -3.34. The number of benzene rings is 1. The van der Waals surface area contributed by atoms with E-state index in [1.807, 2.05) is 13.8 Å². The molecule has 1 unspecified atom stereocenters. The van der Waals surface area contributed by atoms with Gasteiger partial charge < -0.3 is 33.7 Å². The van der Waals surface area contributed by atoms with E-state index in [4.69, 9.17) is 28.4 Å². The highest BCUT2D eigenvalue weighted by molar-refractivity contribution is 5.76. The largest absolute Gasteiger partial charge is 0.513 e. The van der Waals surface area contributed by atoms with Crippen molar-refractivity contribution in [3.8, 4) is 11.5 Å². The summed E-state index contributed by atoms with van der Waals surface area (Å²) in [5, 5.41) is 3.04. The molecule has 1 rings (SSSR count). The van der Waals surface area contributed by atoms with E-state index in [0.29, 0.717) is 18.4 Å². The lowest BCUT2D eigenvalue weighted by atomic mass is 10.0. The predicted octanol–water partition coefficient (Wildman–Crippen LogP) is 5.11. The van der Waals surface area contributed by atoms with Crippen LogP contribution < -0.4 is 14.8 Å². The molecule has 0 aliphatic heterocycles. The Labute approximate surface area is 230 Å². The minimum atomic E-state index is -0.946. The number of hydrogen-bond acceptors (Lipinski definition) is 11. The van der Waals surface area contributed by atoms with Crippen molar-refractivity contribution in [2.45, 2.75) is 91.2 Å². The van der Waals surface area contributed by atoms with Crippen molar-refractivity contribution in [2.24, 2.45) is 0 Å². The molecule has 0 fully saturated rings. The number of methoxy groups -OCH3 is 1. The molecule has 1 N–H and O–H groups in total. The van der Waals surface area contributed by atoms with Gasteiger partial charge in [0.1, 0.15) is 12.1 Å². The topological polar surface area (TPSA) is 136 Å². The summed E-state index contributed by atoms with van der Waals surface area (Å²) in [6.45, 7) is 8.08. The molecule has 0 spiro atoms. The van der Waals surface area contributed by atoms with Crippen molar-refractivity contribution >= 4 is 24.2 Å². The maximum absolute atomic E-state index is 12.4. The van der Waals surface area contributed by atoms with E-state index < -0.39 is 30.4 Å². The molecule has 0 saturated heterocycles. The van der Waals surface area contributed by atoms with Crippen LogP contribution in [0.3, 0.4) is 0 Å². The lowest BCUT2D eigenvalue weighted by Gasteiger charge is -2.20. The van der Waals surface area contributed by atoms with Crippen molar-refractivity contribution in [1.29, 1.82) is 0 Å². The minimum absolute atomic E-state index is 0.0348. The number of nitrogens with one attached hydrogen (secondary N) is 1. The molecule has 2 atom stereocenters. The summed E-state index contributed by atoms with van der Waals surface area (Å²) >= 11 is 0. The standard InChI is InChI=1S/C28H43NO10/c1-6-9-11-15-35-27(32)38-23-14-13-21(18-24(23)39-28(33)36-16-12-10-7-2)17-22(26(31)34-5)29-19-20(4)37-25(30)8-3/h13-14,18,20,22,29H,6-12,15-17,19H2,1-5H3/t20?,22-/m0/s1. The van der Waals surface area contributed by atoms with Gasteiger partial charge in [-0.1, -0.05) is 52.5 Å². The molecular formula is C28H43NO10. The molecule has 0 saturated carbocycles. The second-order valence-electron chi connectivity index (χ2n) is 8.94. The molecule has 0 radical (unpaired) electrons. The van der Waals surface area contributed by atoms with Gasteiger partial charge in [0, 0.05) is 13.0 Å². The molecule has 1 aromatic carbocycles. The Morgan fingerprint density at radius 2 is 1.44 bits per heavy atom. The van der Waals surface area contributed by atoms with Gasteiger partial charge in [0.05, 0.1) is 20.3 Å². The Morgan fingerprint density at radius 1 is 0.846 bits per heavy atom. The number of unbranched alkanes of at least 4 members (excludes halogenated alkanes) is 4. The average Bonchev–Trinajstić information content (AvgIpc) is 2.92. The molecule has 0 amide bonds. The van der Waals surface area contributed by atoms with Crippen molar-refractivity contribution in [3.05, 3.63) is 23.8 Å². The van der Waals surface area contributed by atoms with E-state index in [1.165, 1.54) is 19.2 Å². The maximum Gasteiger partial charge on any atom is 0.513 e. The molecule has 1 aromatic rings. The number of rotatable bonds is 18.